The summed E-state index contributed by atoms with van der Waals surface area (Å²) >= 11 is 3.62. The third-order valence-electron chi connectivity index (χ3n) is 3.67. The minimum Gasteiger partial charge on any atom is -0.0894 e. The van der Waals surface area contributed by atoms with Crippen molar-refractivity contribution in [1.82, 2.24) is 0 Å². The molecule has 0 aromatic heterocycles. The van der Waals surface area contributed by atoms with Crippen molar-refractivity contribution in [3.63, 3.8) is 0 Å². The first-order chi connectivity index (χ1) is 7.87. The van der Waals surface area contributed by atoms with Gasteiger partial charge in [0.05, 0.1) is 7.85 Å². The maximum Gasteiger partial charge on any atom is 0.0653 e. The predicted octanol–water partition coefficient (Wildman–Crippen LogP) is 5.75. The van der Waals surface area contributed by atoms with Crippen LogP contribution in [0.15, 0.2) is 0 Å². The van der Waals surface area contributed by atoms with Crippen molar-refractivity contribution in [2.75, 3.05) is 0 Å². The Hall–Kier alpha value is 0.545. The van der Waals surface area contributed by atoms with Crippen LogP contribution in [0.3, 0.4) is 0 Å². The molecular weight excluding hydrogens is 271 g/mol. The van der Waals surface area contributed by atoms with Gasteiger partial charge in [-0.15, -0.1) is 0 Å². The molecule has 0 bridgehead atoms. The molecule has 0 N–H and O–H groups in total. The van der Waals surface area contributed by atoms with Crippen molar-refractivity contribution >= 4 is 23.8 Å². The molecule has 0 spiro atoms. The maximum atomic E-state index is 5.58. The van der Waals surface area contributed by atoms with Gasteiger partial charge in [0.2, 0.25) is 0 Å². The predicted molar refractivity (Wildman–Crippen MR) is 84.2 cm³/mol. The molecule has 0 aliphatic heterocycles. The van der Waals surface area contributed by atoms with E-state index in [1.54, 1.807) is 0 Å². The highest BCUT2D eigenvalue weighted by Crippen LogP contribution is 2.31. The highest BCUT2D eigenvalue weighted by molar-refractivity contribution is 9.09. The van der Waals surface area contributed by atoms with Gasteiger partial charge in [0.15, 0.2) is 0 Å². The second kappa shape index (κ2) is 9.47. The topological polar surface area (TPSA) is 0 Å². The Labute approximate surface area is 119 Å². The molecule has 0 heterocycles. The fourth-order valence-corrected chi connectivity index (χ4v) is 2.67. The fraction of sp³-hybridized carbons (Fsp3) is 1.00. The van der Waals surface area contributed by atoms with E-state index in [9.17, 15) is 0 Å². The maximum absolute atomic E-state index is 5.58. The van der Waals surface area contributed by atoms with Gasteiger partial charge >= 0.3 is 0 Å². The largest absolute Gasteiger partial charge is 0.0894 e. The summed E-state index contributed by atoms with van der Waals surface area (Å²) in [6.45, 7) is 9.40. The van der Waals surface area contributed by atoms with Gasteiger partial charge in [-0.3, -0.25) is 0 Å². The highest BCUT2D eigenvalue weighted by Gasteiger charge is 2.17. The molecule has 2 heteroatoms. The lowest BCUT2D eigenvalue weighted by Gasteiger charge is -2.25. The molecule has 2 atom stereocenters. The molecule has 0 fully saturated rings. The van der Waals surface area contributed by atoms with E-state index in [1.807, 2.05) is 0 Å². The van der Waals surface area contributed by atoms with Crippen LogP contribution in [0.2, 0.25) is 6.32 Å². The van der Waals surface area contributed by atoms with Crippen molar-refractivity contribution in [1.29, 1.82) is 0 Å². The van der Waals surface area contributed by atoms with Gasteiger partial charge in [-0.25, -0.2) is 0 Å². The fourth-order valence-electron chi connectivity index (χ4n) is 2.34. The van der Waals surface area contributed by atoms with Crippen LogP contribution in [0.5, 0.6) is 0 Å². The van der Waals surface area contributed by atoms with Crippen LogP contribution >= 0.6 is 15.9 Å². The van der Waals surface area contributed by atoms with Crippen molar-refractivity contribution in [3.8, 4) is 0 Å². The van der Waals surface area contributed by atoms with Crippen LogP contribution < -0.4 is 0 Å². The van der Waals surface area contributed by atoms with Crippen LogP contribution in [-0.2, 0) is 0 Å². The van der Waals surface area contributed by atoms with Gasteiger partial charge in [0, 0.05) is 4.83 Å². The van der Waals surface area contributed by atoms with Crippen molar-refractivity contribution in [2.24, 2.45) is 11.3 Å². The Kier molecular flexibility index (Phi) is 9.78. The molecule has 17 heavy (non-hydrogen) atoms. The average Bonchev–Trinajstić information content (AvgIpc) is 2.16. The average molecular weight is 301 g/mol. The van der Waals surface area contributed by atoms with E-state index in [4.69, 9.17) is 7.85 Å². The molecule has 0 aromatic rings. The second-order valence-electron chi connectivity index (χ2n) is 6.41. The van der Waals surface area contributed by atoms with Gasteiger partial charge < -0.3 is 0 Å². The summed E-state index contributed by atoms with van der Waals surface area (Å²) in [4.78, 5) is 0.669. The SMILES string of the molecule is [B]CCC(C)CCCC(C)(C)CCCC(C)Br. The zero-order valence-corrected chi connectivity index (χ0v) is 13.9. The Morgan fingerprint density at radius 3 is 2.00 bits per heavy atom. The van der Waals surface area contributed by atoms with Gasteiger partial charge in [-0.05, 0) is 30.6 Å². The van der Waals surface area contributed by atoms with Crippen LogP contribution in [-0.4, -0.2) is 12.7 Å². The molecule has 0 aliphatic carbocycles. The quantitative estimate of drug-likeness (QED) is 0.356. The molecule has 0 saturated carbocycles. The molecule has 0 nitrogen and oxygen atoms in total. The normalized spacial score (nSPS) is 15.8. The molecular formula is C15H30BBr. The lowest BCUT2D eigenvalue weighted by atomic mass is 9.80. The number of rotatable bonds is 10. The first-order valence-electron chi connectivity index (χ1n) is 7.21. The highest BCUT2D eigenvalue weighted by atomic mass is 79.9. The van der Waals surface area contributed by atoms with E-state index in [2.05, 4.69) is 43.6 Å². The molecule has 0 aromatic carbocycles. The summed E-state index contributed by atoms with van der Waals surface area (Å²) < 4.78 is 0. The van der Waals surface area contributed by atoms with E-state index >= 15 is 0 Å². The monoisotopic (exact) mass is 300 g/mol. The van der Waals surface area contributed by atoms with Crippen LogP contribution in [0, 0.1) is 11.3 Å². The van der Waals surface area contributed by atoms with Gasteiger partial charge in [0.25, 0.3) is 0 Å². The van der Waals surface area contributed by atoms with Crippen molar-refractivity contribution in [3.05, 3.63) is 0 Å². The Bertz CT molecular complexity index is 178. The first kappa shape index (κ1) is 17.5. The number of alkyl halides is 1. The minimum absolute atomic E-state index is 0.518. The first-order valence-corrected chi connectivity index (χ1v) is 8.13. The smallest absolute Gasteiger partial charge is 0.0653 e. The lowest BCUT2D eigenvalue weighted by molar-refractivity contribution is 0.276. The van der Waals surface area contributed by atoms with E-state index in [0.29, 0.717) is 10.2 Å². The summed E-state index contributed by atoms with van der Waals surface area (Å²) in [5.41, 5.74) is 0.518. The third-order valence-corrected chi connectivity index (χ3v) is 4.12. The molecule has 0 amide bonds. The standard InChI is InChI=1S/C15H30BBr/c1-13(9-12-16)7-5-10-15(3,4)11-6-8-14(2)17/h13-14H,5-12H2,1-4H3. The minimum atomic E-state index is 0.518. The number of hydrogen-bond donors (Lipinski definition) is 0. The summed E-state index contributed by atoms with van der Waals surface area (Å²) in [7, 11) is 5.58. The van der Waals surface area contributed by atoms with Crippen LogP contribution in [0.25, 0.3) is 0 Å². The zero-order valence-electron chi connectivity index (χ0n) is 12.3. The molecule has 2 radical (unpaired) electrons. The van der Waals surface area contributed by atoms with E-state index in [1.165, 1.54) is 44.9 Å². The molecule has 0 rings (SSSR count). The van der Waals surface area contributed by atoms with Gasteiger partial charge in [-0.2, -0.15) is 0 Å². The van der Waals surface area contributed by atoms with Gasteiger partial charge in [-0.1, -0.05) is 75.6 Å². The Morgan fingerprint density at radius 2 is 1.53 bits per heavy atom. The molecule has 0 saturated heterocycles. The summed E-state index contributed by atoms with van der Waals surface area (Å²) in [5.74, 6) is 0.804. The number of halogens is 1. The Balaban J connectivity index is 3.62. The van der Waals surface area contributed by atoms with Crippen LogP contribution in [0.4, 0.5) is 0 Å². The Morgan fingerprint density at radius 1 is 1.00 bits per heavy atom. The van der Waals surface area contributed by atoms with E-state index < -0.39 is 0 Å². The van der Waals surface area contributed by atoms with E-state index in [-0.39, 0.29) is 0 Å². The number of hydrogen-bond acceptors (Lipinski definition) is 0. The second-order valence-corrected chi connectivity index (χ2v) is 7.98. The zero-order chi connectivity index (χ0) is 13.3. The summed E-state index contributed by atoms with van der Waals surface area (Å²) in [5, 5.41) is 0. The van der Waals surface area contributed by atoms with Crippen molar-refractivity contribution in [2.45, 2.75) is 83.8 Å². The summed E-state index contributed by atoms with van der Waals surface area (Å²) in [6.07, 6.45) is 10.1. The molecule has 100 valence electrons. The van der Waals surface area contributed by atoms with E-state index in [0.717, 1.165) is 12.2 Å². The van der Waals surface area contributed by atoms with Crippen LogP contribution in [0.1, 0.15) is 72.6 Å². The van der Waals surface area contributed by atoms with Gasteiger partial charge in [0.1, 0.15) is 0 Å². The molecule has 2 unspecified atom stereocenters. The lowest BCUT2D eigenvalue weighted by Crippen LogP contribution is -2.12. The third kappa shape index (κ3) is 11.4. The van der Waals surface area contributed by atoms with Crippen molar-refractivity contribution < 1.29 is 0 Å². The molecule has 0 aliphatic rings. The summed E-state index contributed by atoms with van der Waals surface area (Å²) in [6, 6.07) is 0.